The van der Waals surface area contributed by atoms with Gasteiger partial charge in [0, 0.05) is 10.6 Å². The predicted molar refractivity (Wildman–Crippen MR) is 59.1 cm³/mol. The number of hydrogen-bond acceptors (Lipinski definition) is 1. The van der Waals surface area contributed by atoms with E-state index in [2.05, 4.69) is 16.8 Å². The normalized spacial score (nSPS) is 10.1. The Morgan fingerprint density at radius 3 is 2.57 bits per heavy atom. The predicted octanol–water partition coefficient (Wildman–Crippen LogP) is 3.37. The molecular formula is C11H9ClN2. The van der Waals surface area contributed by atoms with Gasteiger partial charge >= 0.3 is 0 Å². The van der Waals surface area contributed by atoms with Gasteiger partial charge in [-0.1, -0.05) is 30.3 Å². The Hall–Kier alpha value is -1.54. The van der Waals surface area contributed by atoms with Crippen LogP contribution in [0, 0.1) is 0 Å². The van der Waals surface area contributed by atoms with Crippen molar-refractivity contribution in [3.63, 3.8) is 0 Å². The lowest BCUT2D eigenvalue weighted by molar-refractivity contribution is 1.08. The van der Waals surface area contributed by atoms with E-state index in [-0.39, 0.29) is 0 Å². The lowest BCUT2D eigenvalue weighted by Crippen LogP contribution is -1.76. The number of aromatic nitrogens is 2. The zero-order chi connectivity index (χ0) is 9.97. The summed E-state index contributed by atoms with van der Waals surface area (Å²) in [6, 6.07) is 9.51. The Bertz CT molecular complexity index is 443. The van der Waals surface area contributed by atoms with Crippen LogP contribution in [0.4, 0.5) is 0 Å². The lowest BCUT2D eigenvalue weighted by atomic mass is 10.1. The minimum Gasteiger partial charge on any atom is -0.278 e. The summed E-state index contributed by atoms with van der Waals surface area (Å²) in [6.07, 6.45) is 1.73. The number of H-pyrrole nitrogens is 1. The third-order valence-corrected chi connectivity index (χ3v) is 2.21. The molecule has 2 aromatic rings. The zero-order valence-electron chi connectivity index (χ0n) is 7.50. The Morgan fingerprint density at radius 1 is 1.29 bits per heavy atom. The summed E-state index contributed by atoms with van der Waals surface area (Å²) in [4.78, 5) is 0. The number of rotatable bonds is 2. The molecule has 0 atom stereocenters. The monoisotopic (exact) mass is 204 g/mol. The Labute approximate surface area is 87.2 Å². The molecule has 0 spiro atoms. The van der Waals surface area contributed by atoms with Gasteiger partial charge in [0.25, 0.3) is 0 Å². The summed E-state index contributed by atoms with van der Waals surface area (Å²) in [7, 11) is 0. The first-order chi connectivity index (χ1) is 6.79. The number of aromatic amines is 1. The summed E-state index contributed by atoms with van der Waals surface area (Å²) in [6.45, 7) is 3.66. The van der Waals surface area contributed by atoms with E-state index >= 15 is 0 Å². The van der Waals surface area contributed by atoms with Gasteiger partial charge in [0.05, 0.1) is 11.4 Å². The van der Waals surface area contributed by atoms with E-state index in [1.165, 1.54) is 0 Å². The van der Waals surface area contributed by atoms with Gasteiger partial charge < -0.3 is 0 Å². The van der Waals surface area contributed by atoms with Crippen LogP contribution in [0.2, 0.25) is 5.02 Å². The van der Waals surface area contributed by atoms with Crippen LogP contribution in [-0.2, 0) is 0 Å². The number of hydrogen-bond donors (Lipinski definition) is 1. The molecule has 0 amide bonds. The molecule has 1 aromatic carbocycles. The van der Waals surface area contributed by atoms with Crippen molar-refractivity contribution in [3.05, 3.63) is 47.6 Å². The van der Waals surface area contributed by atoms with E-state index in [0.717, 1.165) is 22.0 Å². The molecule has 0 aliphatic heterocycles. The quantitative estimate of drug-likeness (QED) is 0.799. The number of nitrogens with zero attached hydrogens (tertiary/aromatic N) is 1. The minimum atomic E-state index is 0.730. The van der Waals surface area contributed by atoms with Gasteiger partial charge in [-0.3, -0.25) is 5.10 Å². The van der Waals surface area contributed by atoms with Gasteiger partial charge in [-0.15, -0.1) is 0 Å². The van der Waals surface area contributed by atoms with Gasteiger partial charge in [-0.25, -0.2) is 0 Å². The lowest BCUT2D eigenvalue weighted by Gasteiger charge is -1.94. The summed E-state index contributed by atoms with van der Waals surface area (Å²) < 4.78 is 0. The largest absolute Gasteiger partial charge is 0.278 e. The molecule has 3 heteroatoms. The molecule has 2 nitrogen and oxygen atoms in total. The van der Waals surface area contributed by atoms with Crippen LogP contribution >= 0.6 is 11.6 Å². The third kappa shape index (κ3) is 1.70. The van der Waals surface area contributed by atoms with Crippen molar-refractivity contribution < 1.29 is 0 Å². The highest BCUT2D eigenvalue weighted by molar-refractivity contribution is 6.30. The number of halogens is 1. The molecular weight excluding hydrogens is 196 g/mol. The van der Waals surface area contributed by atoms with Crippen molar-refractivity contribution in [2.24, 2.45) is 0 Å². The van der Waals surface area contributed by atoms with E-state index in [0.29, 0.717) is 0 Å². The van der Waals surface area contributed by atoms with Crippen LogP contribution in [0.15, 0.2) is 36.9 Å². The maximum atomic E-state index is 5.79. The molecule has 1 heterocycles. The van der Waals surface area contributed by atoms with Crippen LogP contribution in [0.1, 0.15) is 5.69 Å². The molecule has 0 saturated carbocycles. The summed E-state index contributed by atoms with van der Waals surface area (Å²) in [5, 5.41) is 7.74. The Balaban J connectivity index is 2.39. The van der Waals surface area contributed by atoms with Gasteiger partial charge in [-0.2, -0.15) is 5.10 Å². The highest BCUT2D eigenvalue weighted by Crippen LogP contribution is 2.20. The average Bonchev–Trinajstić information content (AvgIpc) is 2.67. The zero-order valence-corrected chi connectivity index (χ0v) is 8.25. The fourth-order valence-electron chi connectivity index (χ4n) is 1.21. The molecule has 0 saturated heterocycles. The van der Waals surface area contributed by atoms with Crippen LogP contribution in [0.25, 0.3) is 17.3 Å². The van der Waals surface area contributed by atoms with Gasteiger partial charge in [0.15, 0.2) is 0 Å². The fraction of sp³-hybridized carbons (Fsp3) is 0. The van der Waals surface area contributed by atoms with Crippen molar-refractivity contribution in [1.29, 1.82) is 0 Å². The van der Waals surface area contributed by atoms with Crippen molar-refractivity contribution in [2.75, 3.05) is 0 Å². The minimum absolute atomic E-state index is 0.730. The first-order valence-electron chi connectivity index (χ1n) is 4.23. The summed E-state index contributed by atoms with van der Waals surface area (Å²) in [5.41, 5.74) is 2.85. The molecule has 70 valence electrons. The fourth-order valence-corrected chi connectivity index (χ4v) is 1.34. The maximum absolute atomic E-state index is 5.79. The van der Waals surface area contributed by atoms with Crippen LogP contribution < -0.4 is 0 Å². The van der Waals surface area contributed by atoms with E-state index in [1.807, 2.05) is 30.3 Å². The molecule has 0 bridgehead atoms. The van der Waals surface area contributed by atoms with Crippen LogP contribution in [-0.4, -0.2) is 10.2 Å². The standard InChI is InChI=1S/C11H9ClN2/c1-2-10-7-11(14-13-10)8-3-5-9(12)6-4-8/h2-7H,1H2,(H,13,14). The molecule has 1 aromatic heterocycles. The van der Waals surface area contributed by atoms with E-state index in [9.17, 15) is 0 Å². The summed E-state index contributed by atoms with van der Waals surface area (Å²) >= 11 is 5.79. The highest BCUT2D eigenvalue weighted by Gasteiger charge is 2.01. The van der Waals surface area contributed by atoms with Crippen molar-refractivity contribution in [3.8, 4) is 11.3 Å². The van der Waals surface area contributed by atoms with Crippen molar-refractivity contribution in [2.45, 2.75) is 0 Å². The van der Waals surface area contributed by atoms with E-state index in [1.54, 1.807) is 6.08 Å². The SMILES string of the molecule is C=Cc1cc(-c2ccc(Cl)cc2)n[nH]1. The van der Waals surface area contributed by atoms with Crippen molar-refractivity contribution in [1.82, 2.24) is 10.2 Å². The molecule has 0 unspecified atom stereocenters. The maximum Gasteiger partial charge on any atom is 0.0927 e. The Morgan fingerprint density at radius 2 is 2.00 bits per heavy atom. The molecule has 0 fully saturated rings. The molecule has 0 aliphatic carbocycles. The van der Waals surface area contributed by atoms with Crippen LogP contribution in [0.3, 0.4) is 0 Å². The van der Waals surface area contributed by atoms with Gasteiger partial charge in [0.2, 0.25) is 0 Å². The molecule has 14 heavy (non-hydrogen) atoms. The first-order valence-corrected chi connectivity index (χ1v) is 4.61. The number of benzene rings is 1. The average molecular weight is 205 g/mol. The molecule has 0 aliphatic rings. The van der Waals surface area contributed by atoms with E-state index < -0.39 is 0 Å². The molecule has 2 rings (SSSR count). The van der Waals surface area contributed by atoms with Crippen molar-refractivity contribution >= 4 is 17.7 Å². The van der Waals surface area contributed by atoms with Crippen LogP contribution in [0.5, 0.6) is 0 Å². The smallest absolute Gasteiger partial charge is 0.0927 e. The second-order valence-corrected chi connectivity index (χ2v) is 3.36. The second kappa shape index (κ2) is 3.68. The van der Waals surface area contributed by atoms with E-state index in [4.69, 9.17) is 11.6 Å². The Kier molecular flexibility index (Phi) is 2.37. The molecule has 0 radical (unpaired) electrons. The topological polar surface area (TPSA) is 28.7 Å². The summed E-state index contributed by atoms with van der Waals surface area (Å²) in [5.74, 6) is 0. The van der Waals surface area contributed by atoms with Gasteiger partial charge in [-0.05, 0) is 24.3 Å². The number of nitrogens with one attached hydrogen (secondary N) is 1. The second-order valence-electron chi connectivity index (χ2n) is 2.92. The van der Waals surface area contributed by atoms with Gasteiger partial charge in [0.1, 0.15) is 0 Å². The first kappa shape index (κ1) is 9.03. The molecule has 1 N–H and O–H groups in total. The highest BCUT2D eigenvalue weighted by atomic mass is 35.5. The third-order valence-electron chi connectivity index (χ3n) is 1.96.